The molecule has 0 bridgehead atoms. The number of para-hydroxylation sites is 4. The fourth-order valence-electron chi connectivity index (χ4n) is 7.11. The number of nitrogens with zero attached hydrogens (tertiary/aromatic N) is 3. The molecular formula is C52H55IrN3O-2. The second-order valence-corrected chi connectivity index (χ2v) is 16.6. The van der Waals surface area contributed by atoms with E-state index in [1.165, 1.54) is 47.3 Å². The van der Waals surface area contributed by atoms with E-state index in [2.05, 4.69) is 110 Å². The average Bonchev–Trinajstić information content (AvgIpc) is 3.78. The molecule has 8 aromatic rings. The number of aryl methyl sites for hydroxylation is 3. The normalized spacial score (nSPS) is 14.5. The van der Waals surface area contributed by atoms with Gasteiger partial charge in [0, 0.05) is 48.3 Å². The van der Waals surface area contributed by atoms with Crippen LogP contribution >= 0.6 is 0 Å². The molecule has 0 saturated heterocycles. The van der Waals surface area contributed by atoms with Gasteiger partial charge in [0.05, 0.1) is 22.4 Å². The van der Waals surface area contributed by atoms with E-state index in [0.29, 0.717) is 23.1 Å². The van der Waals surface area contributed by atoms with Gasteiger partial charge in [0.15, 0.2) is 0 Å². The van der Waals surface area contributed by atoms with Gasteiger partial charge in [-0.25, -0.2) is 0 Å². The van der Waals surface area contributed by atoms with Crippen LogP contribution in [0.1, 0.15) is 93.7 Å². The minimum absolute atomic E-state index is 0. The molecule has 0 N–H and O–H groups in total. The SMILES string of the molecule is CC(C)Cc1cccc(CC(C)C)c1-n1c(-c2[c-]ccc3c2oc2ccccc23)nc2ccccc21.[2H]C([2H])([2H])c1c[c-]c(-c2cc(C([2H])([2H])[2H])c(C([2H])([2H])CC(C)(C)C)cn2)cc1.[Ir]. The monoisotopic (exact) mass is 938 g/mol. The number of furan rings is 1. The molecule has 5 heteroatoms. The van der Waals surface area contributed by atoms with Crippen LogP contribution in [0.4, 0.5) is 0 Å². The third kappa shape index (κ3) is 9.49. The molecule has 0 amide bonds. The van der Waals surface area contributed by atoms with Crippen molar-refractivity contribution in [3.05, 3.63) is 149 Å². The van der Waals surface area contributed by atoms with Crippen molar-refractivity contribution in [3.8, 4) is 28.3 Å². The van der Waals surface area contributed by atoms with E-state index in [9.17, 15) is 0 Å². The van der Waals surface area contributed by atoms with E-state index in [1.54, 1.807) is 0 Å². The van der Waals surface area contributed by atoms with Gasteiger partial charge in [0.25, 0.3) is 0 Å². The molecule has 57 heavy (non-hydrogen) atoms. The van der Waals surface area contributed by atoms with Crippen molar-refractivity contribution in [1.29, 1.82) is 0 Å². The Morgan fingerprint density at radius 2 is 1.54 bits per heavy atom. The first-order valence-corrected chi connectivity index (χ1v) is 19.5. The number of hydrogen-bond donors (Lipinski definition) is 0. The fourth-order valence-corrected chi connectivity index (χ4v) is 7.11. The van der Waals surface area contributed by atoms with Gasteiger partial charge in [-0.1, -0.05) is 126 Å². The van der Waals surface area contributed by atoms with Crippen molar-refractivity contribution in [2.45, 2.75) is 87.8 Å². The molecule has 0 unspecified atom stereocenters. The Labute approximate surface area is 364 Å². The van der Waals surface area contributed by atoms with Crippen LogP contribution in [0.3, 0.4) is 0 Å². The Morgan fingerprint density at radius 1 is 0.807 bits per heavy atom. The summed E-state index contributed by atoms with van der Waals surface area (Å²) in [6, 6.07) is 39.5. The maximum Gasteiger partial charge on any atom is 0.120 e. The fraction of sp³-hybridized carbons (Fsp3) is 0.308. The van der Waals surface area contributed by atoms with E-state index >= 15 is 0 Å². The molecule has 295 valence electrons. The molecule has 1 radical (unpaired) electrons. The molecule has 0 aliphatic carbocycles. The maximum atomic E-state index is 8.42. The zero-order chi connectivity index (χ0) is 46.4. The summed E-state index contributed by atoms with van der Waals surface area (Å²) < 4.78 is 71.4. The number of benzene rings is 5. The molecule has 4 nitrogen and oxygen atoms in total. The molecule has 0 atom stereocenters. The Kier molecular flexibility index (Phi) is 10.0. The van der Waals surface area contributed by atoms with Crippen LogP contribution in [0.5, 0.6) is 0 Å². The molecule has 5 aromatic carbocycles. The van der Waals surface area contributed by atoms with Crippen LogP contribution in [0.25, 0.3) is 61.3 Å². The van der Waals surface area contributed by atoms with E-state index in [4.69, 9.17) is 20.4 Å². The van der Waals surface area contributed by atoms with Gasteiger partial charge in [-0.15, -0.1) is 53.6 Å². The van der Waals surface area contributed by atoms with E-state index in [-0.39, 0.29) is 48.6 Å². The van der Waals surface area contributed by atoms with Crippen LogP contribution in [0.2, 0.25) is 0 Å². The van der Waals surface area contributed by atoms with Crippen LogP contribution < -0.4 is 0 Å². The first kappa shape index (κ1) is 32.2. The second-order valence-electron chi connectivity index (χ2n) is 16.6. The van der Waals surface area contributed by atoms with Gasteiger partial charge >= 0.3 is 0 Å². The molecule has 0 spiro atoms. The molecule has 0 aliphatic rings. The van der Waals surface area contributed by atoms with E-state index in [1.807, 2.05) is 39.0 Å². The van der Waals surface area contributed by atoms with Gasteiger partial charge < -0.3 is 14.0 Å². The summed E-state index contributed by atoms with van der Waals surface area (Å²) in [6.45, 7) is 10.1. The summed E-state index contributed by atoms with van der Waals surface area (Å²) in [5, 5.41) is 2.21. The van der Waals surface area contributed by atoms with Gasteiger partial charge in [0.2, 0.25) is 0 Å². The molecule has 0 aliphatic heterocycles. The maximum absolute atomic E-state index is 8.42. The van der Waals surface area contributed by atoms with Crippen molar-refractivity contribution >= 4 is 33.0 Å². The third-order valence-electron chi connectivity index (χ3n) is 9.61. The standard InChI is InChI=1S/C33H31N2O.C19H24N.Ir/c1-21(2)19-23-11-9-12-24(20-22(3)4)31(23)35-29-17-7-6-16-28(29)34-33(35)27-15-10-14-26-25-13-5-8-18-30(25)36-32(26)27;1-14-6-8-16(9-7-14)18-12-15(2)17(13-20-18)10-11-19(3,4)5;/h5-14,16-18,21-22H,19-20H2,1-4H3;6-8,12-13H,10-11H2,1-5H3;/q2*-1;/i;1D3,2D3,10D2;. The molecule has 3 aromatic heterocycles. The van der Waals surface area contributed by atoms with Gasteiger partial charge in [-0.2, -0.15) is 0 Å². The number of aromatic nitrogens is 3. The average molecular weight is 938 g/mol. The van der Waals surface area contributed by atoms with Crippen LogP contribution in [-0.4, -0.2) is 14.5 Å². The summed E-state index contributed by atoms with van der Waals surface area (Å²) in [5.41, 5.74) is 9.15. The Morgan fingerprint density at radius 3 is 2.23 bits per heavy atom. The second kappa shape index (κ2) is 17.8. The van der Waals surface area contributed by atoms with Crippen molar-refractivity contribution in [2.75, 3.05) is 0 Å². The molecule has 3 heterocycles. The van der Waals surface area contributed by atoms with Crippen molar-refractivity contribution < 1.29 is 35.5 Å². The largest absolute Gasteiger partial charge is 0.501 e. The molecule has 0 fully saturated rings. The van der Waals surface area contributed by atoms with Crippen LogP contribution in [-0.2, 0) is 39.3 Å². The molecular weight excluding hydrogens is 875 g/mol. The van der Waals surface area contributed by atoms with Gasteiger partial charge in [-0.05, 0) is 90.3 Å². The summed E-state index contributed by atoms with van der Waals surface area (Å²) in [7, 11) is 0. The van der Waals surface area contributed by atoms with Crippen molar-refractivity contribution in [2.24, 2.45) is 17.3 Å². The molecule has 0 saturated carbocycles. The number of fused-ring (bicyclic) bond motifs is 4. The topological polar surface area (TPSA) is 43.9 Å². The Hall–Kier alpha value is -4.83. The zero-order valence-corrected chi connectivity index (χ0v) is 36.1. The summed E-state index contributed by atoms with van der Waals surface area (Å²) in [4.78, 5) is 9.44. The third-order valence-corrected chi connectivity index (χ3v) is 9.61. The van der Waals surface area contributed by atoms with Crippen LogP contribution in [0.15, 0.2) is 114 Å². The predicted octanol–water partition coefficient (Wildman–Crippen LogP) is 13.9. The van der Waals surface area contributed by atoms with Crippen molar-refractivity contribution in [1.82, 2.24) is 14.5 Å². The number of rotatable bonds is 9. The van der Waals surface area contributed by atoms with Gasteiger partial charge in [-0.3, -0.25) is 4.98 Å². The molecule has 8 rings (SSSR count). The Bertz CT molecular complexity index is 2890. The number of pyridine rings is 1. The van der Waals surface area contributed by atoms with E-state index < -0.39 is 20.1 Å². The minimum Gasteiger partial charge on any atom is -0.501 e. The zero-order valence-electron chi connectivity index (χ0n) is 41.8. The first-order valence-electron chi connectivity index (χ1n) is 23.5. The summed E-state index contributed by atoms with van der Waals surface area (Å²) in [5.74, 6) is 1.96. The first-order chi connectivity index (χ1) is 30.0. The smallest absolute Gasteiger partial charge is 0.120 e. The number of imidazole rings is 1. The van der Waals surface area contributed by atoms with Crippen molar-refractivity contribution in [3.63, 3.8) is 0 Å². The minimum atomic E-state index is -2.52. The van der Waals surface area contributed by atoms with E-state index in [0.717, 1.165) is 57.2 Å². The quantitative estimate of drug-likeness (QED) is 0.135. The predicted molar refractivity (Wildman–Crippen MR) is 235 cm³/mol. The van der Waals surface area contributed by atoms with Gasteiger partial charge in [0.1, 0.15) is 5.58 Å². The Balaban J connectivity index is 0.000000220. The number of hydrogen-bond acceptors (Lipinski definition) is 3. The summed E-state index contributed by atoms with van der Waals surface area (Å²) >= 11 is 0. The van der Waals surface area contributed by atoms with Crippen LogP contribution in [0, 0.1) is 43.1 Å². The summed E-state index contributed by atoms with van der Waals surface area (Å²) in [6.07, 6.45) is 1.57.